The molecule has 0 saturated carbocycles. The summed E-state index contributed by atoms with van der Waals surface area (Å²) in [6, 6.07) is 11.6. The van der Waals surface area contributed by atoms with Gasteiger partial charge in [0.05, 0.1) is 19.8 Å². The molecular weight excluding hydrogens is 512 g/mol. The van der Waals surface area contributed by atoms with Crippen LogP contribution in [-0.4, -0.2) is 51.9 Å². The van der Waals surface area contributed by atoms with E-state index in [1.807, 2.05) is 43.3 Å². The SMILES string of the molecule is CCOc1cc(OCCCCCCc2cccc(OCCCC(=O)O)c2CCC(=O)O)cc(-c2cncnc2)c1. The first-order chi connectivity index (χ1) is 19.5. The van der Waals surface area contributed by atoms with Gasteiger partial charge in [0, 0.05) is 36.9 Å². The number of hydrogen-bond donors (Lipinski definition) is 2. The summed E-state index contributed by atoms with van der Waals surface area (Å²) in [6.45, 7) is 3.37. The highest BCUT2D eigenvalue weighted by molar-refractivity contribution is 5.68. The van der Waals surface area contributed by atoms with Gasteiger partial charge in [-0.3, -0.25) is 9.59 Å². The fraction of sp³-hybridized carbons (Fsp3) is 0.419. The lowest BCUT2D eigenvalue weighted by atomic mass is 9.97. The van der Waals surface area contributed by atoms with Crippen LogP contribution in [0.4, 0.5) is 0 Å². The summed E-state index contributed by atoms with van der Waals surface area (Å²) < 4.78 is 17.6. The molecule has 9 heteroatoms. The number of carboxylic acid groups (broad SMARTS) is 2. The summed E-state index contributed by atoms with van der Waals surface area (Å²) >= 11 is 0. The topological polar surface area (TPSA) is 128 Å². The van der Waals surface area contributed by atoms with Crippen molar-refractivity contribution in [1.82, 2.24) is 9.97 Å². The maximum absolute atomic E-state index is 11.2. The molecule has 3 aromatic rings. The number of aromatic nitrogens is 2. The number of aryl methyl sites for hydroxylation is 1. The predicted octanol–water partition coefficient (Wildman–Crippen LogP) is 5.99. The van der Waals surface area contributed by atoms with Gasteiger partial charge in [0.2, 0.25) is 0 Å². The number of carboxylic acids is 2. The lowest BCUT2D eigenvalue weighted by molar-refractivity contribution is -0.138. The minimum atomic E-state index is -0.861. The lowest BCUT2D eigenvalue weighted by Gasteiger charge is -2.15. The predicted molar refractivity (Wildman–Crippen MR) is 151 cm³/mol. The molecule has 0 unspecified atom stereocenters. The first-order valence-electron chi connectivity index (χ1n) is 13.8. The van der Waals surface area contributed by atoms with E-state index in [1.165, 1.54) is 6.33 Å². The van der Waals surface area contributed by atoms with Gasteiger partial charge in [0.15, 0.2) is 0 Å². The molecule has 0 bridgehead atoms. The maximum Gasteiger partial charge on any atom is 0.303 e. The summed E-state index contributed by atoms with van der Waals surface area (Å²) in [7, 11) is 0. The van der Waals surface area contributed by atoms with Gasteiger partial charge in [0.1, 0.15) is 23.6 Å². The second kappa shape index (κ2) is 16.7. The first-order valence-corrected chi connectivity index (χ1v) is 13.8. The summed E-state index contributed by atoms with van der Waals surface area (Å²) in [5.74, 6) is 0.412. The zero-order valence-electron chi connectivity index (χ0n) is 23.0. The number of nitrogens with zero attached hydrogens (tertiary/aromatic N) is 2. The van der Waals surface area contributed by atoms with E-state index in [-0.39, 0.29) is 19.4 Å². The third-order valence-corrected chi connectivity index (χ3v) is 6.31. The summed E-state index contributed by atoms with van der Waals surface area (Å²) in [5, 5.41) is 18.0. The largest absolute Gasteiger partial charge is 0.494 e. The third-order valence-electron chi connectivity index (χ3n) is 6.31. The number of unbranched alkanes of at least 4 members (excludes halogenated alkanes) is 3. The Morgan fingerprint density at radius 2 is 1.45 bits per heavy atom. The molecule has 0 aliphatic heterocycles. The van der Waals surface area contributed by atoms with E-state index < -0.39 is 11.9 Å². The third kappa shape index (κ3) is 10.6. The van der Waals surface area contributed by atoms with Crippen molar-refractivity contribution in [2.75, 3.05) is 19.8 Å². The molecule has 9 nitrogen and oxygen atoms in total. The fourth-order valence-corrected chi connectivity index (χ4v) is 4.38. The maximum atomic E-state index is 11.2. The van der Waals surface area contributed by atoms with E-state index in [0.717, 1.165) is 65.9 Å². The highest BCUT2D eigenvalue weighted by atomic mass is 16.5. The molecule has 40 heavy (non-hydrogen) atoms. The van der Waals surface area contributed by atoms with E-state index in [4.69, 9.17) is 19.3 Å². The average Bonchev–Trinajstić information content (AvgIpc) is 2.94. The lowest BCUT2D eigenvalue weighted by Crippen LogP contribution is -2.07. The van der Waals surface area contributed by atoms with E-state index in [9.17, 15) is 14.7 Å². The second-order valence-corrected chi connectivity index (χ2v) is 9.40. The van der Waals surface area contributed by atoms with Crippen LogP contribution in [0, 0.1) is 0 Å². The molecule has 2 aromatic carbocycles. The van der Waals surface area contributed by atoms with Crippen molar-refractivity contribution in [3.63, 3.8) is 0 Å². The minimum absolute atomic E-state index is 0.0172. The summed E-state index contributed by atoms with van der Waals surface area (Å²) in [5.41, 5.74) is 3.82. The Morgan fingerprint density at radius 3 is 2.17 bits per heavy atom. The quantitative estimate of drug-likeness (QED) is 0.173. The normalized spacial score (nSPS) is 10.7. The van der Waals surface area contributed by atoms with Gasteiger partial charge in [0.25, 0.3) is 0 Å². The Balaban J connectivity index is 1.48. The van der Waals surface area contributed by atoms with Gasteiger partial charge in [-0.15, -0.1) is 0 Å². The van der Waals surface area contributed by atoms with Crippen molar-refractivity contribution >= 4 is 11.9 Å². The molecule has 2 N–H and O–H groups in total. The molecule has 0 aliphatic carbocycles. The standard InChI is InChI=1S/C31H38N2O7/c1-2-38-26-17-24(25-20-32-22-33-21-25)18-27(19-26)39-15-6-4-3-5-9-23-10-7-11-29(28(23)13-14-31(36)37)40-16-8-12-30(34)35/h7,10-11,17-22H,2-6,8-9,12-16H2,1H3,(H,34,35)(H,36,37). The molecule has 0 aliphatic rings. The summed E-state index contributed by atoms with van der Waals surface area (Å²) in [4.78, 5) is 30.2. The number of aliphatic carboxylic acids is 2. The van der Waals surface area contributed by atoms with Crippen LogP contribution in [-0.2, 0) is 22.4 Å². The molecule has 0 amide bonds. The Hall–Kier alpha value is -4.14. The molecule has 0 atom stereocenters. The average molecular weight is 551 g/mol. The van der Waals surface area contributed by atoms with Crippen LogP contribution in [0.25, 0.3) is 11.1 Å². The fourth-order valence-electron chi connectivity index (χ4n) is 4.38. The van der Waals surface area contributed by atoms with Crippen LogP contribution in [0.1, 0.15) is 63.0 Å². The van der Waals surface area contributed by atoms with Gasteiger partial charge in [-0.25, -0.2) is 9.97 Å². The molecule has 0 fully saturated rings. The van der Waals surface area contributed by atoms with Gasteiger partial charge < -0.3 is 24.4 Å². The molecule has 0 radical (unpaired) electrons. The Labute approximate surface area is 235 Å². The van der Waals surface area contributed by atoms with Crippen molar-refractivity contribution in [3.05, 3.63) is 66.2 Å². The molecule has 1 heterocycles. The van der Waals surface area contributed by atoms with E-state index in [2.05, 4.69) is 9.97 Å². The number of ether oxygens (including phenoxy) is 3. The zero-order chi connectivity index (χ0) is 28.6. The van der Waals surface area contributed by atoms with E-state index in [0.29, 0.717) is 31.8 Å². The van der Waals surface area contributed by atoms with Crippen LogP contribution in [0.15, 0.2) is 55.1 Å². The molecule has 214 valence electrons. The highest BCUT2D eigenvalue weighted by Gasteiger charge is 2.12. The number of carbonyl (C=O) groups is 2. The van der Waals surface area contributed by atoms with Crippen LogP contribution in [0.2, 0.25) is 0 Å². The zero-order valence-corrected chi connectivity index (χ0v) is 23.0. The second-order valence-electron chi connectivity index (χ2n) is 9.40. The molecule has 3 rings (SSSR count). The Bertz CT molecular complexity index is 1220. The monoisotopic (exact) mass is 550 g/mol. The Kier molecular flexibility index (Phi) is 12.7. The Morgan fingerprint density at radius 1 is 0.750 bits per heavy atom. The smallest absolute Gasteiger partial charge is 0.303 e. The molecule has 0 saturated heterocycles. The minimum Gasteiger partial charge on any atom is -0.494 e. The van der Waals surface area contributed by atoms with E-state index >= 15 is 0 Å². The number of benzene rings is 2. The van der Waals surface area contributed by atoms with Gasteiger partial charge in [-0.2, -0.15) is 0 Å². The van der Waals surface area contributed by atoms with Crippen LogP contribution in [0.3, 0.4) is 0 Å². The van der Waals surface area contributed by atoms with Crippen molar-refractivity contribution in [1.29, 1.82) is 0 Å². The van der Waals surface area contributed by atoms with Crippen molar-refractivity contribution in [2.24, 2.45) is 0 Å². The molecule has 0 spiro atoms. The molecular formula is C31H38N2O7. The van der Waals surface area contributed by atoms with Crippen molar-refractivity contribution < 1.29 is 34.0 Å². The first kappa shape index (κ1) is 30.4. The number of rotatable bonds is 19. The van der Waals surface area contributed by atoms with Crippen molar-refractivity contribution in [3.8, 4) is 28.4 Å². The van der Waals surface area contributed by atoms with Crippen LogP contribution in [0.5, 0.6) is 17.2 Å². The van der Waals surface area contributed by atoms with Gasteiger partial charge in [-0.05, 0) is 73.9 Å². The number of hydrogen-bond acceptors (Lipinski definition) is 7. The summed E-state index contributed by atoms with van der Waals surface area (Å²) in [6.07, 6.45) is 10.5. The van der Waals surface area contributed by atoms with Crippen LogP contribution >= 0.6 is 0 Å². The van der Waals surface area contributed by atoms with Gasteiger partial charge in [-0.1, -0.05) is 25.0 Å². The van der Waals surface area contributed by atoms with E-state index in [1.54, 1.807) is 12.4 Å². The van der Waals surface area contributed by atoms with Gasteiger partial charge >= 0.3 is 11.9 Å². The molecule has 1 aromatic heterocycles. The van der Waals surface area contributed by atoms with Crippen molar-refractivity contribution in [2.45, 2.75) is 64.7 Å². The van der Waals surface area contributed by atoms with Crippen LogP contribution < -0.4 is 14.2 Å². The highest BCUT2D eigenvalue weighted by Crippen LogP contribution is 2.30.